The number of nitrogens with two attached hydrogens (primary N) is 1. The lowest BCUT2D eigenvalue weighted by Gasteiger charge is -2.22. The Morgan fingerprint density at radius 1 is 1.54 bits per heavy atom. The largest absolute Gasteiger partial charge is 0.330 e. The molecule has 13 heavy (non-hydrogen) atoms. The van der Waals surface area contributed by atoms with Gasteiger partial charge in [0, 0.05) is 18.9 Å². The molecule has 1 atom stereocenters. The average molecular weight is 192 g/mol. The van der Waals surface area contributed by atoms with E-state index in [4.69, 9.17) is 5.73 Å². The zero-order chi connectivity index (χ0) is 9.90. The summed E-state index contributed by atoms with van der Waals surface area (Å²) in [6.07, 6.45) is 0.441. The van der Waals surface area contributed by atoms with Crippen molar-refractivity contribution in [3.05, 3.63) is 0 Å². The van der Waals surface area contributed by atoms with Crippen molar-refractivity contribution in [1.82, 2.24) is 4.90 Å². The van der Waals surface area contributed by atoms with E-state index < -0.39 is 11.8 Å². The van der Waals surface area contributed by atoms with Crippen LogP contribution in [-0.4, -0.2) is 37.0 Å². The maximum absolute atomic E-state index is 13.3. The Morgan fingerprint density at radius 2 is 2.23 bits per heavy atom. The Labute approximate surface area is 78.1 Å². The van der Waals surface area contributed by atoms with E-state index in [2.05, 4.69) is 4.90 Å². The van der Waals surface area contributed by atoms with Crippen molar-refractivity contribution in [1.29, 1.82) is 0 Å². The standard InChI is InChI=1S/C9H18F2N2/c1-2-13-6-3-8(7-13)9(10,11)4-5-12/h8H,2-7,12H2,1H3. The molecule has 0 aromatic carbocycles. The Hall–Kier alpha value is -0.220. The Kier molecular flexibility index (Phi) is 3.62. The van der Waals surface area contributed by atoms with E-state index in [-0.39, 0.29) is 13.0 Å². The van der Waals surface area contributed by atoms with Crippen LogP contribution in [0.5, 0.6) is 0 Å². The molecule has 0 amide bonds. The molecule has 0 spiro atoms. The fraction of sp³-hybridized carbons (Fsp3) is 1.00. The quantitative estimate of drug-likeness (QED) is 0.727. The molecule has 0 radical (unpaired) electrons. The van der Waals surface area contributed by atoms with Crippen molar-refractivity contribution in [3.8, 4) is 0 Å². The van der Waals surface area contributed by atoms with Crippen LogP contribution in [-0.2, 0) is 0 Å². The molecule has 1 heterocycles. The van der Waals surface area contributed by atoms with Crippen LogP contribution in [0.3, 0.4) is 0 Å². The third-order valence-electron chi connectivity index (χ3n) is 2.79. The van der Waals surface area contributed by atoms with Crippen molar-refractivity contribution < 1.29 is 8.78 Å². The number of nitrogens with zero attached hydrogens (tertiary/aromatic N) is 1. The van der Waals surface area contributed by atoms with Crippen molar-refractivity contribution in [2.24, 2.45) is 11.7 Å². The third kappa shape index (κ3) is 2.61. The summed E-state index contributed by atoms with van der Waals surface area (Å²) < 4.78 is 26.7. The second kappa shape index (κ2) is 4.33. The molecule has 1 unspecified atom stereocenters. The summed E-state index contributed by atoms with van der Waals surface area (Å²) in [6.45, 7) is 4.29. The number of likely N-dealkylation sites (tertiary alicyclic amines) is 1. The highest BCUT2D eigenvalue weighted by atomic mass is 19.3. The lowest BCUT2D eigenvalue weighted by atomic mass is 9.98. The average Bonchev–Trinajstić information content (AvgIpc) is 2.52. The zero-order valence-electron chi connectivity index (χ0n) is 8.10. The summed E-state index contributed by atoms with van der Waals surface area (Å²) >= 11 is 0. The van der Waals surface area contributed by atoms with Gasteiger partial charge in [-0.25, -0.2) is 8.78 Å². The predicted octanol–water partition coefficient (Wildman–Crippen LogP) is 1.31. The molecule has 1 fully saturated rings. The van der Waals surface area contributed by atoms with Gasteiger partial charge in [0.2, 0.25) is 0 Å². The Balaban J connectivity index is 2.44. The van der Waals surface area contributed by atoms with Gasteiger partial charge in [0.25, 0.3) is 5.92 Å². The highest BCUT2D eigenvalue weighted by molar-refractivity contribution is 4.85. The van der Waals surface area contributed by atoms with Gasteiger partial charge in [-0.3, -0.25) is 0 Å². The summed E-state index contributed by atoms with van der Waals surface area (Å²) in [4.78, 5) is 2.06. The highest BCUT2D eigenvalue weighted by Gasteiger charge is 2.41. The zero-order valence-corrected chi connectivity index (χ0v) is 8.10. The molecule has 1 aliphatic heterocycles. The first-order valence-corrected chi connectivity index (χ1v) is 4.90. The van der Waals surface area contributed by atoms with Crippen LogP contribution in [0.25, 0.3) is 0 Å². The van der Waals surface area contributed by atoms with Gasteiger partial charge in [-0.1, -0.05) is 6.92 Å². The second-order valence-electron chi connectivity index (χ2n) is 3.68. The van der Waals surface area contributed by atoms with Gasteiger partial charge in [0.05, 0.1) is 0 Å². The second-order valence-corrected chi connectivity index (χ2v) is 3.68. The molecule has 0 aromatic heterocycles. The number of hydrogen-bond donors (Lipinski definition) is 1. The van der Waals surface area contributed by atoms with Crippen LogP contribution in [0.4, 0.5) is 8.78 Å². The predicted molar refractivity (Wildman–Crippen MR) is 48.8 cm³/mol. The van der Waals surface area contributed by atoms with E-state index in [1.165, 1.54) is 0 Å². The third-order valence-corrected chi connectivity index (χ3v) is 2.79. The molecular formula is C9H18F2N2. The molecule has 0 saturated carbocycles. The van der Waals surface area contributed by atoms with Crippen LogP contribution in [0.2, 0.25) is 0 Å². The Bertz CT molecular complexity index is 162. The molecule has 1 rings (SSSR count). The lowest BCUT2D eigenvalue weighted by molar-refractivity contribution is -0.0587. The van der Waals surface area contributed by atoms with Crippen molar-refractivity contribution in [3.63, 3.8) is 0 Å². The van der Waals surface area contributed by atoms with E-state index in [1.54, 1.807) is 0 Å². The number of halogens is 2. The van der Waals surface area contributed by atoms with Gasteiger partial charge < -0.3 is 10.6 Å². The number of hydrogen-bond acceptors (Lipinski definition) is 2. The molecule has 2 nitrogen and oxygen atoms in total. The first kappa shape index (κ1) is 10.9. The van der Waals surface area contributed by atoms with Gasteiger partial charge in [0.1, 0.15) is 0 Å². The van der Waals surface area contributed by atoms with Gasteiger partial charge in [-0.05, 0) is 26.1 Å². The summed E-state index contributed by atoms with van der Waals surface area (Å²) in [5.74, 6) is -3.03. The molecule has 2 N–H and O–H groups in total. The van der Waals surface area contributed by atoms with E-state index in [0.29, 0.717) is 13.0 Å². The summed E-state index contributed by atoms with van der Waals surface area (Å²) in [7, 11) is 0. The van der Waals surface area contributed by atoms with Gasteiger partial charge in [-0.2, -0.15) is 0 Å². The SMILES string of the molecule is CCN1CCC(C(F)(F)CCN)C1. The first-order chi connectivity index (χ1) is 6.10. The molecular weight excluding hydrogens is 174 g/mol. The maximum Gasteiger partial charge on any atom is 0.253 e. The van der Waals surface area contributed by atoms with Crippen LogP contribution >= 0.6 is 0 Å². The van der Waals surface area contributed by atoms with E-state index >= 15 is 0 Å². The van der Waals surface area contributed by atoms with E-state index in [0.717, 1.165) is 13.1 Å². The topological polar surface area (TPSA) is 29.3 Å². The molecule has 78 valence electrons. The number of alkyl halides is 2. The molecule has 1 aliphatic rings. The van der Waals surface area contributed by atoms with Gasteiger partial charge >= 0.3 is 0 Å². The monoisotopic (exact) mass is 192 g/mol. The van der Waals surface area contributed by atoms with Crippen molar-refractivity contribution in [2.75, 3.05) is 26.2 Å². The molecule has 0 bridgehead atoms. The summed E-state index contributed by atoms with van der Waals surface area (Å²) in [5, 5.41) is 0. The van der Waals surface area contributed by atoms with Gasteiger partial charge in [0.15, 0.2) is 0 Å². The minimum absolute atomic E-state index is 0.0790. The van der Waals surface area contributed by atoms with Gasteiger partial charge in [-0.15, -0.1) is 0 Å². The molecule has 4 heteroatoms. The fourth-order valence-electron chi connectivity index (χ4n) is 1.86. The molecule has 0 aromatic rings. The van der Waals surface area contributed by atoms with E-state index in [9.17, 15) is 8.78 Å². The molecule has 1 saturated heterocycles. The first-order valence-electron chi connectivity index (χ1n) is 4.90. The smallest absolute Gasteiger partial charge is 0.253 e. The van der Waals surface area contributed by atoms with E-state index in [1.807, 2.05) is 6.92 Å². The van der Waals surface area contributed by atoms with Crippen LogP contribution in [0.1, 0.15) is 19.8 Å². The van der Waals surface area contributed by atoms with Crippen LogP contribution < -0.4 is 5.73 Å². The van der Waals surface area contributed by atoms with Crippen LogP contribution in [0.15, 0.2) is 0 Å². The number of rotatable bonds is 4. The maximum atomic E-state index is 13.3. The van der Waals surface area contributed by atoms with Crippen LogP contribution in [0, 0.1) is 5.92 Å². The fourth-order valence-corrected chi connectivity index (χ4v) is 1.86. The normalized spacial score (nSPS) is 25.4. The van der Waals surface area contributed by atoms with Crippen molar-refractivity contribution in [2.45, 2.75) is 25.7 Å². The molecule has 0 aliphatic carbocycles. The lowest BCUT2D eigenvalue weighted by Crippen LogP contribution is -2.33. The van der Waals surface area contributed by atoms with Crippen molar-refractivity contribution >= 4 is 0 Å². The summed E-state index contributed by atoms with van der Waals surface area (Å²) in [5.41, 5.74) is 5.16. The highest BCUT2D eigenvalue weighted by Crippen LogP contribution is 2.34. The Morgan fingerprint density at radius 3 is 2.69 bits per heavy atom. The minimum atomic E-state index is -2.56. The summed E-state index contributed by atoms with van der Waals surface area (Å²) in [6, 6.07) is 0. The minimum Gasteiger partial charge on any atom is -0.330 e.